The van der Waals surface area contributed by atoms with Gasteiger partial charge in [-0.3, -0.25) is 0 Å². The van der Waals surface area contributed by atoms with Crippen molar-refractivity contribution in [3.05, 3.63) is 35.9 Å². The number of rotatable bonds is 3. The van der Waals surface area contributed by atoms with E-state index in [-0.39, 0.29) is 0 Å². The molecule has 2 atom stereocenters. The number of hydrogen-bond acceptors (Lipinski definition) is 2. The second-order valence-corrected chi connectivity index (χ2v) is 7.54. The van der Waals surface area contributed by atoms with Gasteiger partial charge in [-0.2, -0.15) is 0 Å². The molecule has 21 heavy (non-hydrogen) atoms. The minimum absolute atomic E-state index is 0.364. The molecule has 116 valence electrons. The highest BCUT2D eigenvalue weighted by Gasteiger charge is 2.37. The van der Waals surface area contributed by atoms with E-state index in [1.165, 1.54) is 38.9 Å². The summed E-state index contributed by atoms with van der Waals surface area (Å²) in [6.45, 7) is 11.0. The Labute approximate surface area is 129 Å². The van der Waals surface area contributed by atoms with E-state index in [1.807, 2.05) is 0 Å². The van der Waals surface area contributed by atoms with Gasteiger partial charge in [-0.25, -0.2) is 0 Å². The van der Waals surface area contributed by atoms with Crippen molar-refractivity contribution in [2.45, 2.75) is 38.5 Å². The van der Waals surface area contributed by atoms with Crippen molar-refractivity contribution in [3.63, 3.8) is 0 Å². The van der Waals surface area contributed by atoms with Crippen molar-refractivity contribution < 1.29 is 0 Å². The molecule has 0 aromatic heterocycles. The Bertz CT molecular complexity index is 426. The molecule has 0 aliphatic carbocycles. The van der Waals surface area contributed by atoms with Gasteiger partial charge in [0.2, 0.25) is 0 Å². The van der Waals surface area contributed by atoms with Gasteiger partial charge in [0.1, 0.15) is 0 Å². The zero-order valence-corrected chi connectivity index (χ0v) is 13.6. The van der Waals surface area contributed by atoms with Crippen LogP contribution in [0.4, 0.5) is 0 Å². The molecule has 1 aromatic rings. The van der Waals surface area contributed by atoms with Gasteiger partial charge < -0.3 is 10.2 Å². The van der Waals surface area contributed by atoms with Gasteiger partial charge in [-0.1, -0.05) is 44.2 Å². The average Bonchev–Trinajstić information content (AvgIpc) is 2.48. The van der Waals surface area contributed by atoms with Crippen LogP contribution in [0.1, 0.15) is 38.7 Å². The maximum absolute atomic E-state index is 3.55. The summed E-state index contributed by atoms with van der Waals surface area (Å²) in [5.41, 5.74) is 1.92. The topological polar surface area (TPSA) is 15.3 Å². The molecule has 2 aliphatic rings. The summed E-state index contributed by atoms with van der Waals surface area (Å²) in [7, 11) is 0. The van der Waals surface area contributed by atoms with E-state index >= 15 is 0 Å². The lowest BCUT2D eigenvalue weighted by atomic mass is 9.72. The van der Waals surface area contributed by atoms with Gasteiger partial charge in [0, 0.05) is 25.0 Å². The predicted molar refractivity (Wildman–Crippen MR) is 89.6 cm³/mol. The average molecular weight is 286 g/mol. The number of likely N-dealkylation sites (tertiary alicyclic amines) is 1. The molecule has 2 fully saturated rings. The van der Waals surface area contributed by atoms with E-state index < -0.39 is 0 Å². The molecule has 2 aliphatic heterocycles. The van der Waals surface area contributed by atoms with E-state index in [0.717, 1.165) is 24.9 Å². The highest BCUT2D eigenvalue weighted by Crippen LogP contribution is 2.36. The minimum atomic E-state index is 0.364. The summed E-state index contributed by atoms with van der Waals surface area (Å²) >= 11 is 0. The lowest BCUT2D eigenvalue weighted by Gasteiger charge is -2.45. The Balaban J connectivity index is 1.80. The van der Waals surface area contributed by atoms with E-state index in [0.29, 0.717) is 5.41 Å². The lowest BCUT2D eigenvalue weighted by molar-refractivity contribution is 0.0987. The van der Waals surface area contributed by atoms with Crippen LogP contribution in [-0.2, 0) is 5.41 Å². The van der Waals surface area contributed by atoms with Crippen molar-refractivity contribution in [1.82, 2.24) is 10.2 Å². The molecule has 0 spiro atoms. The van der Waals surface area contributed by atoms with Crippen LogP contribution in [0.15, 0.2) is 30.3 Å². The molecule has 1 N–H and O–H groups in total. The van der Waals surface area contributed by atoms with Crippen LogP contribution in [-0.4, -0.2) is 37.6 Å². The number of hydrogen-bond donors (Lipinski definition) is 1. The molecule has 2 saturated heterocycles. The van der Waals surface area contributed by atoms with Gasteiger partial charge in [0.15, 0.2) is 0 Å². The highest BCUT2D eigenvalue weighted by atomic mass is 15.1. The first-order valence-electron chi connectivity index (χ1n) is 8.66. The SMILES string of the molecule is CC1CC(C)CN(CC2(c3ccccc3)CCNCC2)C1. The molecular formula is C19H30N2. The fourth-order valence-electron chi connectivity index (χ4n) is 4.58. The third-order valence-corrected chi connectivity index (χ3v) is 5.42. The van der Waals surface area contributed by atoms with Gasteiger partial charge in [0.05, 0.1) is 0 Å². The van der Waals surface area contributed by atoms with Gasteiger partial charge in [0.25, 0.3) is 0 Å². The standard InChI is InChI=1S/C19H30N2/c1-16-12-17(2)14-21(13-16)15-19(8-10-20-11-9-19)18-6-4-3-5-7-18/h3-7,16-17,20H,8-15H2,1-2H3. The fraction of sp³-hybridized carbons (Fsp3) is 0.684. The second kappa shape index (κ2) is 6.50. The maximum Gasteiger partial charge on any atom is 0.0104 e. The van der Waals surface area contributed by atoms with E-state index in [2.05, 4.69) is 54.4 Å². The first-order valence-corrected chi connectivity index (χ1v) is 8.66. The Kier molecular flexibility index (Phi) is 4.66. The summed E-state index contributed by atoms with van der Waals surface area (Å²) in [6, 6.07) is 11.3. The molecule has 2 unspecified atom stereocenters. The van der Waals surface area contributed by atoms with E-state index in [1.54, 1.807) is 5.56 Å². The molecule has 3 rings (SSSR count). The van der Waals surface area contributed by atoms with Crippen LogP contribution >= 0.6 is 0 Å². The number of nitrogens with one attached hydrogen (secondary N) is 1. The van der Waals surface area contributed by atoms with Crippen LogP contribution in [0.3, 0.4) is 0 Å². The van der Waals surface area contributed by atoms with Crippen molar-refractivity contribution in [2.75, 3.05) is 32.7 Å². The van der Waals surface area contributed by atoms with Crippen LogP contribution in [0.25, 0.3) is 0 Å². The number of nitrogens with zero attached hydrogens (tertiary/aromatic N) is 1. The zero-order valence-electron chi connectivity index (χ0n) is 13.6. The van der Waals surface area contributed by atoms with Crippen LogP contribution in [0.5, 0.6) is 0 Å². The van der Waals surface area contributed by atoms with Crippen LogP contribution < -0.4 is 5.32 Å². The molecule has 2 nitrogen and oxygen atoms in total. The molecule has 0 saturated carbocycles. The summed E-state index contributed by atoms with van der Waals surface area (Å²) in [4.78, 5) is 2.75. The monoisotopic (exact) mass is 286 g/mol. The smallest absolute Gasteiger partial charge is 0.0104 e. The normalized spacial score (nSPS) is 30.2. The largest absolute Gasteiger partial charge is 0.317 e. The van der Waals surface area contributed by atoms with Crippen molar-refractivity contribution >= 4 is 0 Å². The van der Waals surface area contributed by atoms with Gasteiger partial charge in [-0.05, 0) is 49.8 Å². The van der Waals surface area contributed by atoms with Crippen LogP contribution in [0, 0.1) is 11.8 Å². The summed E-state index contributed by atoms with van der Waals surface area (Å²) in [5.74, 6) is 1.70. The minimum Gasteiger partial charge on any atom is -0.317 e. The molecular weight excluding hydrogens is 256 g/mol. The van der Waals surface area contributed by atoms with Gasteiger partial charge in [-0.15, -0.1) is 0 Å². The lowest BCUT2D eigenvalue weighted by Crippen LogP contribution is -2.51. The maximum atomic E-state index is 3.55. The highest BCUT2D eigenvalue weighted by molar-refractivity contribution is 5.27. The third kappa shape index (κ3) is 3.49. The zero-order chi connectivity index (χ0) is 14.7. The molecule has 0 bridgehead atoms. The van der Waals surface area contributed by atoms with Crippen LogP contribution in [0.2, 0.25) is 0 Å². The third-order valence-electron chi connectivity index (χ3n) is 5.42. The predicted octanol–water partition coefficient (Wildman–Crippen LogP) is 3.29. The molecule has 1 aromatic carbocycles. The summed E-state index contributed by atoms with van der Waals surface area (Å²) < 4.78 is 0. The quantitative estimate of drug-likeness (QED) is 0.917. The number of piperidine rings is 2. The first kappa shape index (κ1) is 15.1. The molecule has 2 heterocycles. The van der Waals surface area contributed by atoms with Gasteiger partial charge >= 0.3 is 0 Å². The Morgan fingerprint density at radius 1 is 1.05 bits per heavy atom. The molecule has 0 amide bonds. The van der Waals surface area contributed by atoms with Crippen molar-refractivity contribution in [2.24, 2.45) is 11.8 Å². The Hall–Kier alpha value is -0.860. The van der Waals surface area contributed by atoms with E-state index in [4.69, 9.17) is 0 Å². The molecule has 2 heteroatoms. The van der Waals surface area contributed by atoms with E-state index in [9.17, 15) is 0 Å². The van der Waals surface area contributed by atoms with Crippen molar-refractivity contribution in [1.29, 1.82) is 0 Å². The Morgan fingerprint density at radius 3 is 2.29 bits per heavy atom. The summed E-state index contributed by atoms with van der Waals surface area (Å²) in [5, 5.41) is 3.55. The number of benzene rings is 1. The van der Waals surface area contributed by atoms with Crippen molar-refractivity contribution in [3.8, 4) is 0 Å². The Morgan fingerprint density at radius 2 is 1.67 bits per heavy atom. The molecule has 0 radical (unpaired) electrons. The first-order chi connectivity index (χ1) is 10.2. The fourth-order valence-corrected chi connectivity index (χ4v) is 4.58. The summed E-state index contributed by atoms with van der Waals surface area (Å²) in [6.07, 6.45) is 3.95. The second-order valence-electron chi connectivity index (χ2n) is 7.54.